The summed E-state index contributed by atoms with van der Waals surface area (Å²) in [4.78, 5) is 41.6. The molecular weight excluding hydrogens is 360 g/mol. The summed E-state index contributed by atoms with van der Waals surface area (Å²) in [6.45, 7) is 7.27. The van der Waals surface area contributed by atoms with Crippen molar-refractivity contribution in [2.75, 3.05) is 25.1 Å². The van der Waals surface area contributed by atoms with Crippen LogP contribution >= 0.6 is 11.3 Å². The van der Waals surface area contributed by atoms with E-state index in [0.717, 1.165) is 11.3 Å². The predicted molar refractivity (Wildman–Crippen MR) is 96.9 cm³/mol. The maximum atomic E-state index is 12.4. The monoisotopic (exact) mass is 380 g/mol. The lowest BCUT2D eigenvalue weighted by molar-refractivity contribution is 0.0519. The molecule has 0 saturated heterocycles. The van der Waals surface area contributed by atoms with Crippen LogP contribution < -0.4 is 5.32 Å². The van der Waals surface area contributed by atoms with Gasteiger partial charge in [-0.05, 0) is 33.8 Å². The highest BCUT2D eigenvalue weighted by molar-refractivity contribution is 7.21. The molecule has 0 bridgehead atoms. The summed E-state index contributed by atoms with van der Waals surface area (Å²) in [6, 6.07) is 1.55. The van der Waals surface area contributed by atoms with Crippen LogP contribution in [0.3, 0.4) is 0 Å². The number of hydrogen-bond donors (Lipinski definition) is 1. The molecule has 0 radical (unpaired) electrons. The van der Waals surface area contributed by atoms with Crippen molar-refractivity contribution < 1.29 is 28.6 Å². The van der Waals surface area contributed by atoms with E-state index in [0.29, 0.717) is 15.9 Å². The molecule has 8 nitrogen and oxygen atoms in total. The number of nitrogens with zero attached hydrogens (tertiary/aromatic N) is 1. The Morgan fingerprint density at radius 2 is 1.65 bits per heavy atom. The van der Waals surface area contributed by atoms with Crippen molar-refractivity contribution in [3.8, 4) is 0 Å². The zero-order valence-corrected chi connectivity index (χ0v) is 15.8. The van der Waals surface area contributed by atoms with Crippen molar-refractivity contribution in [3.05, 3.63) is 22.2 Å². The fourth-order valence-corrected chi connectivity index (χ4v) is 3.41. The summed E-state index contributed by atoms with van der Waals surface area (Å²) in [5.41, 5.74) is 0.935. The number of aryl methyl sites for hydroxylation is 1. The molecule has 0 aromatic carbocycles. The van der Waals surface area contributed by atoms with Crippen LogP contribution in [0, 0.1) is 6.92 Å². The fourth-order valence-electron chi connectivity index (χ4n) is 2.32. The van der Waals surface area contributed by atoms with Gasteiger partial charge < -0.3 is 14.2 Å². The van der Waals surface area contributed by atoms with Gasteiger partial charge in [0, 0.05) is 5.69 Å². The Kier molecular flexibility index (Phi) is 6.51. The number of fused-ring (bicyclic) bond motifs is 1. The van der Waals surface area contributed by atoms with E-state index in [9.17, 15) is 14.4 Å². The number of thiophene rings is 1. The first-order valence-corrected chi connectivity index (χ1v) is 8.96. The van der Waals surface area contributed by atoms with Gasteiger partial charge in [-0.2, -0.15) is 0 Å². The number of ether oxygens (including phenoxy) is 3. The number of rotatable bonds is 6. The van der Waals surface area contributed by atoms with E-state index in [1.165, 1.54) is 0 Å². The normalized spacial score (nSPS) is 10.5. The highest BCUT2D eigenvalue weighted by Crippen LogP contribution is 2.38. The van der Waals surface area contributed by atoms with E-state index in [1.807, 2.05) is 0 Å². The number of anilines is 1. The smallest absolute Gasteiger partial charge is 0.411 e. The largest absolute Gasteiger partial charge is 0.462 e. The molecule has 2 rings (SSSR count). The molecule has 2 aromatic rings. The summed E-state index contributed by atoms with van der Waals surface area (Å²) in [7, 11) is 0. The molecule has 0 atom stereocenters. The zero-order valence-electron chi connectivity index (χ0n) is 15.0. The van der Waals surface area contributed by atoms with Crippen LogP contribution in [0.1, 0.15) is 46.5 Å². The molecule has 0 aliphatic rings. The maximum absolute atomic E-state index is 12.4. The van der Waals surface area contributed by atoms with Gasteiger partial charge in [0.05, 0.1) is 36.5 Å². The molecule has 0 spiro atoms. The van der Waals surface area contributed by atoms with E-state index in [1.54, 1.807) is 33.8 Å². The SMILES string of the molecule is CCOC(=O)Nc1c(C(=O)OCC)sc2nc(C)cc(C(=O)OCC)c12. The summed E-state index contributed by atoms with van der Waals surface area (Å²) < 4.78 is 15.0. The summed E-state index contributed by atoms with van der Waals surface area (Å²) in [6.07, 6.45) is -0.742. The summed E-state index contributed by atoms with van der Waals surface area (Å²) in [5, 5.41) is 2.86. The Morgan fingerprint density at radius 1 is 1.04 bits per heavy atom. The predicted octanol–water partition coefficient (Wildman–Crippen LogP) is 3.53. The van der Waals surface area contributed by atoms with E-state index in [2.05, 4.69) is 10.3 Å². The van der Waals surface area contributed by atoms with Crippen LogP contribution in [0.2, 0.25) is 0 Å². The minimum atomic E-state index is -0.742. The molecule has 0 aliphatic heterocycles. The standard InChI is InChI=1S/C17H20N2O6S/c1-5-23-15(20)10-8-9(4)18-14-11(10)12(19-17(22)25-7-3)13(26-14)16(21)24-6-2/h8H,5-7H2,1-4H3,(H,19,22). The van der Waals surface area contributed by atoms with Gasteiger partial charge in [0.25, 0.3) is 0 Å². The Bertz CT molecular complexity index is 845. The minimum absolute atomic E-state index is 0.137. The van der Waals surface area contributed by atoms with Crippen LogP contribution in [-0.4, -0.2) is 42.8 Å². The number of aromatic nitrogens is 1. The molecule has 140 valence electrons. The van der Waals surface area contributed by atoms with Crippen molar-refractivity contribution in [2.45, 2.75) is 27.7 Å². The number of esters is 2. The molecule has 9 heteroatoms. The van der Waals surface area contributed by atoms with Gasteiger partial charge in [-0.25, -0.2) is 19.4 Å². The number of pyridine rings is 1. The van der Waals surface area contributed by atoms with Gasteiger partial charge in [-0.3, -0.25) is 5.32 Å². The molecule has 1 N–H and O–H groups in total. The second kappa shape index (κ2) is 8.61. The van der Waals surface area contributed by atoms with Crippen molar-refractivity contribution in [1.29, 1.82) is 0 Å². The molecular formula is C17H20N2O6S. The van der Waals surface area contributed by atoms with Gasteiger partial charge in [-0.1, -0.05) is 0 Å². The summed E-state index contributed by atoms with van der Waals surface area (Å²) >= 11 is 1.03. The van der Waals surface area contributed by atoms with Crippen LogP contribution in [0.15, 0.2) is 6.07 Å². The number of nitrogens with one attached hydrogen (secondary N) is 1. The van der Waals surface area contributed by atoms with Crippen molar-refractivity contribution in [3.63, 3.8) is 0 Å². The Balaban J connectivity index is 2.70. The molecule has 1 amide bonds. The van der Waals surface area contributed by atoms with Gasteiger partial charge >= 0.3 is 18.0 Å². The quantitative estimate of drug-likeness (QED) is 0.604. The average molecular weight is 380 g/mol. The van der Waals surface area contributed by atoms with E-state index >= 15 is 0 Å². The first kappa shape index (κ1) is 19.6. The Morgan fingerprint density at radius 3 is 2.27 bits per heavy atom. The summed E-state index contributed by atoms with van der Waals surface area (Å²) in [5.74, 6) is -1.18. The van der Waals surface area contributed by atoms with E-state index in [-0.39, 0.29) is 35.9 Å². The Hall–Kier alpha value is -2.68. The minimum Gasteiger partial charge on any atom is -0.462 e. The lowest BCUT2D eigenvalue weighted by Gasteiger charge is -2.09. The number of amides is 1. The maximum Gasteiger partial charge on any atom is 0.411 e. The molecule has 2 aromatic heterocycles. The zero-order chi connectivity index (χ0) is 19.3. The van der Waals surface area contributed by atoms with Crippen LogP contribution in [0.25, 0.3) is 10.2 Å². The molecule has 0 aliphatic carbocycles. The lowest BCUT2D eigenvalue weighted by Crippen LogP contribution is -2.16. The number of hydrogen-bond acceptors (Lipinski definition) is 8. The second-order valence-electron chi connectivity index (χ2n) is 5.08. The average Bonchev–Trinajstić information content (AvgIpc) is 2.93. The van der Waals surface area contributed by atoms with Crippen molar-refractivity contribution in [2.24, 2.45) is 0 Å². The number of carbonyl (C=O) groups is 3. The van der Waals surface area contributed by atoms with Crippen LogP contribution in [0.5, 0.6) is 0 Å². The lowest BCUT2D eigenvalue weighted by atomic mass is 10.1. The van der Waals surface area contributed by atoms with Crippen LogP contribution in [-0.2, 0) is 14.2 Å². The Labute approximate surface area is 154 Å². The fraction of sp³-hybridized carbons (Fsp3) is 0.412. The van der Waals surface area contributed by atoms with Gasteiger partial charge in [0.1, 0.15) is 9.71 Å². The molecule has 2 heterocycles. The van der Waals surface area contributed by atoms with Crippen molar-refractivity contribution in [1.82, 2.24) is 4.98 Å². The van der Waals surface area contributed by atoms with Gasteiger partial charge in [0.2, 0.25) is 0 Å². The van der Waals surface area contributed by atoms with Gasteiger partial charge in [-0.15, -0.1) is 11.3 Å². The molecule has 0 fully saturated rings. The highest BCUT2D eigenvalue weighted by atomic mass is 32.1. The van der Waals surface area contributed by atoms with Crippen LogP contribution in [0.4, 0.5) is 10.5 Å². The van der Waals surface area contributed by atoms with Crippen molar-refractivity contribution >= 4 is 45.3 Å². The van der Waals surface area contributed by atoms with E-state index in [4.69, 9.17) is 14.2 Å². The second-order valence-corrected chi connectivity index (χ2v) is 6.08. The molecule has 0 saturated carbocycles. The first-order chi connectivity index (χ1) is 12.4. The third-order valence-corrected chi connectivity index (χ3v) is 4.31. The van der Waals surface area contributed by atoms with E-state index < -0.39 is 18.0 Å². The van der Waals surface area contributed by atoms with Gasteiger partial charge in [0.15, 0.2) is 0 Å². The number of carbonyl (C=O) groups excluding carboxylic acids is 3. The topological polar surface area (TPSA) is 104 Å². The third-order valence-electron chi connectivity index (χ3n) is 3.25. The molecule has 0 unspecified atom stereocenters. The highest BCUT2D eigenvalue weighted by Gasteiger charge is 2.27. The first-order valence-electron chi connectivity index (χ1n) is 8.14. The molecule has 26 heavy (non-hydrogen) atoms. The third kappa shape index (κ3) is 4.10.